The van der Waals surface area contributed by atoms with Crippen LogP contribution in [0, 0.1) is 0 Å². The molecular formula is C13H11F3N2O3. The lowest BCUT2D eigenvalue weighted by Gasteiger charge is -2.17. The number of hydrogen-bond acceptors (Lipinski definition) is 5. The number of hydrogen-bond donors (Lipinski definition) is 1. The van der Waals surface area contributed by atoms with Crippen molar-refractivity contribution in [3.63, 3.8) is 0 Å². The summed E-state index contributed by atoms with van der Waals surface area (Å²) in [5.74, 6) is -0.302. The molecule has 0 bridgehead atoms. The number of alkyl halides is 3. The van der Waals surface area contributed by atoms with E-state index in [1.165, 1.54) is 31.4 Å². The van der Waals surface area contributed by atoms with E-state index >= 15 is 0 Å². The van der Waals surface area contributed by atoms with E-state index in [4.69, 9.17) is 4.74 Å². The van der Waals surface area contributed by atoms with E-state index in [2.05, 4.69) is 14.7 Å². The maximum atomic E-state index is 12.4. The van der Waals surface area contributed by atoms with Gasteiger partial charge in [0.05, 0.1) is 12.8 Å². The molecule has 5 nitrogen and oxygen atoms in total. The molecular weight excluding hydrogens is 289 g/mol. The van der Waals surface area contributed by atoms with Gasteiger partial charge in [-0.25, -0.2) is 9.97 Å². The summed E-state index contributed by atoms with van der Waals surface area (Å²) >= 11 is 0. The summed E-state index contributed by atoms with van der Waals surface area (Å²) in [6, 6.07) is 6.62. The van der Waals surface area contributed by atoms with Crippen LogP contribution in [0.1, 0.15) is 17.4 Å². The quantitative estimate of drug-likeness (QED) is 0.939. The van der Waals surface area contributed by atoms with Crippen LogP contribution in [-0.4, -0.2) is 28.5 Å². The molecule has 2 aromatic rings. The Morgan fingerprint density at radius 1 is 1.19 bits per heavy atom. The molecule has 0 aliphatic heterocycles. The van der Waals surface area contributed by atoms with Crippen molar-refractivity contribution < 1.29 is 27.8 Å². The van der Waals surface area contributed by atoms with Crippen LogP contribution in [0.2, 0.25) is 0 Å². The number of aliphatic hydroxyl groups is 1. The van der Waals surface area contributed by atoms with Crippen molar-refractivity contribution in [3.05, 3.63) is 47.9 Å². The third-order valence-corrected chi connectivity index (χ3v) is 2.59. The summed E-state index contributed by atoms with van der Waals surface area (Å²) in [5.41, 5.74) is 0.0376. The highest BCUT2D eigenvalue weighted by Crippen LogP contribution is 2.33. The fourth-order valence-electron chi connectivity index (χ4n) is 1.70. The van der Waals surface area contributed by atoms with Gasteiger partial charge < -0.3 is 14.6 Å². The molecule has 1 atom stereocenters. The van der Waals surface area contributed by atoms with Gasteiger partial charge in [0.15, 0.2) is 0 Å². The molecule has 0 fully saturated rings. The Morgan fingerprint density at radius 2 is 1.90 bits per heavy atom. The third kappa shape index (κ3) is 3.82. The van der Waals surface area contributed by atoms with Gasteiger partial charge in [-0.15, -0.1) is 13.2 Å². The van der Waals surface area contributed by atoms with Gasteiger partial charge >= 0.3 is 6.36 Å². The molecule has 0 radical (unpaired) electrons. The van der Waals surface area contributed by atoms with Crippen molar-refractivity contribution >= 4 is 0 Å². The zero-order valence-electron chi connectivity index (χ0n) is 10.8. The fourth-order valence-corrected chi connectivity index (χ4v) is 1.70. The lowest BCUT2D eigenvalue weighted by Crippen LogP contribution is -2.19. The Labute approximate surface area is 118 Å². The fraction of sp³-hybridized carbons (Fsp3) is 0.231. The summed E-state index contributed by atoms with van der Waals surface area (Å²) in [4.78, 5) is 7.58. The number of aromatic nitrogens is 2. The van der Waals surface area contributed by atoms with E-state index in [-0.39, 0.29) is 17.1 Å². The van der Waals surface area contributed by atoms with Crippen LogP contribution in [-0.2, 0) is 0 Å². The van der Waals surface area contributed by atoms with E-state index in [0.29, 0.717) is 0 Å². The van der Waals surface area contributed by atoms with E-state index in [1.807, 2.05) is 0 Å². The Hall–Kier alpha value is -2.35. The van der Waals surface area contributed by atoms with E-state index in [1.54, 1.807) is 0 Å². The van der Waals surface area contributed by atoms with Crippen molar-refractivity contribution in [3.8, 4) is 11.6 Å². The lowest BCUT2D eigenvalue weighted by atomic mass is 10.1. The van der Waals surface area contributed by atoms with Gasteiger partial charge in [-0.05, 0) is 6.07 Å². The number of aliphatic hydroxyl groups excluding tert-OH is 1. The van der Waals surface area contributed by atoms with Crippen molar-refractivity contribution in [1.29, 1.82) is 0 Å². The summed E-state index contributed by atoms with van der Waals surface area (Å²) in [6.07, 6.45) is -5.11. The highest BCUT2D eigenvalue weighted by molar-refractivity contribution is 5.39. The second-order valence-electron chi connectivity index (χ2n) is 3.97. The van der Waals surface area contributed by atoms with Crippen LogP contribution >= 0.6 is 0 Å². The zero-order valence-corrected chi connectivity index (χ0v) is 10.8. The molecule has 21 heavy (non-hydrogen) atoms. The topological polar surface area (TPSA) is 64.5 Å². The van der Waals surface area contributed by atoms with Crippen LogP contribution in [0.25, 0.3) is 0 Å². The largest absolute Gasteiger partial charge is 0.573 e. The Bertz CT molecular complexity index is 620. The number of ether oxygens (including phenoxy) is 2. The highest BCUT2D eigenvalue weighted by atomic mass is 19.4. The van der Waals surface area contributed by atoms with Crippen molar-refractivity contribution in [2.45, 2.75) is 12.5 Å². The summed E-state index contributed by atoms with van der Waals surface area (Å²) in [5, 5.41) is 10.2. The number of benzene rings is 1. The molecule has 2 rings (SSSR count). The molecule has 0 saturated carbocycles. The number of nitrogens with zero attached hydrogens (tertiary/aromatic N) is 2. The summed E-state index contributed by atoms with van der Waals surface area (Å²) in [7, 11) is 1.37. The average molecular weight is 300 g/mol. The first-order valence-corrected chi connectivity index (χ1v) is 5.79. The Balaban J connectivity index is 2.36. The van der Waals surface area contributed by atoms with Crippen molar-refractivity contribution in [2.24, 2.45) is 0 Å². The Morgan fingerprint density at radius 3 is 2.57 bits per heavy atom. The number of rotatable bonds is 4. The molecule has 1 N–H and O–H groups in total. The van der Waals surface area contributed by atoms with E-state index < -0.39 is 18.2 Å². The van der Waals surface area contributed by atoms with Gasteiger partial charge in [-0.2, -0.15) is 0 Å². The SMILES string of the molecule is COc1cc(C(O)c2ccccc2OC(F)(F)F)ncn1. The minimum Gasteiger partial charge on any atom is -0.481 e. The van der Waals surface area contributed by atoms with Gasteiger partial charge in [-0.1, -0.05) is 18.2 Å². The predicted octanol–water partition coefficient (Wildman–Crippen LogP) is 2.47. The molecule has 0 aliphatic rings. The molecule has 1 unspecified atom stereocenters. The first-order valence-electron chi connectivity index (χ1n) is 5.79. The molecule has 8 heteroatoms. The molecule has 0 aliphatic carbocycles. The zero-order chi connectivity index (χ0) is 15.5. The van der Waals surface area contributed by atoms with Crippen LogP contribution in [0.5, 0.6) is 11.6 Å². The molecule has 112 valence electrons. The van der Waals surface area contributed by atoms with Gasteiger partial charge in [0.1, 0.15) is 18.2 Å². The van der Waals surface area contributed by atoms with Gasteiger partial charge in [0.2, 0.25) is 5.88 Å². The molecule has 0 spiro atoms. The summed E-state index contributed by atoms with van der Waals surface area (Å²) < 4.78 is 45.8. The predicted molar refractivity (Wildman–Crippen MR) is 65.8 cm³/mol. The van der Waals surface area contributed by atoms with Crippen LogP contribution in [0.4, 0.5) is 13.2 Å². The Kier molecular flexibility index (Phi) is 4.27. The third-order valence-electron chi connectivity index (χ3n) is 2.59. The van der Waals surface area contributed by atoms with Crippen LogP contribution < -0.4 is 9.47 Å². The van der Waals surface area contributed by atoms with Crippen molar-refractivity contribution in [2.75, 3.05) is 7.11 Å². The second kappa shape index (κ2) is 5.96. The van der Waals surface area contributed by atoms with Gasteiger partial charge in [0, 0.05) is 11.6 Å². The molecule has 0 saturated heterocycles. The van der Waals surface area contributed by atoms with Gasteiger partial charge in [0.25, 0.3) is 0 Å². The second-order valence-corrected chi connectivity index (χ2v) is 3.97. The molecule has 1 aromatic carbocycles. The normalized spacial score (nSPS) is 12.8. The standard InChI is InChI=1S/C13H11F3N2O3/c1-20-11-6-9(17-7-18-11)12(19)8-4-2-3-5-10(8)21-13(14,15)16/h2-7,12,19H,1H3. The molecule has 0 amide bonds. The monoisotopic (exact) mass is 300 g/mol. The van der Waals surface area contributed by atoms with Crippen molar-refractivity contribution in [1.82, 2.24) is 9.97 Å². The smallest absolute Gasteiger partial charge is 0.481 e. The highest BCUT2D eigenvalue weighted by Gasteiger charge is 2.33. The number of para-hydroxylation sites is 1. The molecule has 1 heterocycles. The number of halogens is 3. The van der Waals surface area contributed by atoms with E-state index in [9.17, 15) is 18.3 Å². The number of methoxy groups -OCH3 is 1. The van der Waals surface area contributed by atoms with E-state index in [0.717, 1.165) is 12.4 Å². The van der Waals surface area contributed by atoms with Gasteiger partial charge in [-0.3, -0.25) is 0 Å². The van der Waals surface area contributed by atoms with Crippen LogP contribution in [0.3, 0.4) is 0 Å². The summed E-state index contributed by atoms with van der Waals surface area (Å²) in [6.45, 7) is 0. The minimum absolute atomic E-state index is 0.0596. The first kappa shape index (κ1) is 15.0. The molecule has 1 aromatic heterocycles. The minimum atomic E-state index is -4.85. The maximum Gasteiger partial charge on any atom is 0.573 e. The average Bonchev–Trinajstić information content (AvgIpc) is 2.45. The maximum absolute atomic E-state index is 12.4. The first-order chi connectivity index (χ1) is 9.90. The lowest BCUT2D eigenvalue weighted by molar-refractivity contribution is -0.275. The van der Waals surface area contributed by atoms with Crippen LogP contribution in [0.15, 0.2) is 36.7 Å².